The van der Waals surface area contributed by atoms with Gasteiger partial charge >= 0.3 is 0 Å². The summed E-state index contributed by atoms with van der Waals surface area (Å²) in [5.74, 6) is 0. The molecule has 3 nitrogen and oxygen atoms in total. The number of aliphatic imine (C=N–C) groups is 1. The Morgan fingerprint density at radius 1 is 1.40 bits per heavy atom. The van der Waals surface area contributed by atoms with E-state index >= 15 is 0 Å². The van der Waals surface area contributed by atoms with Crippen LogP contribution in [0.3, 0.4) is 0 Å². The van der Waals surface area contributed by atoms with E-state index in [1.54, 1.807) is 13.4 Å². The molecule has 0 spiro atoms. The second kappa shape index (κ2) is 4.17. The van der Waals surface area contributed by atoms with Crippen molar-refractivity contribution in [1.82, 2.24) is 10.3 Å². The minimum atomic E-state index is 0.790. The van der Waals surface area contributed by atoms with E-state index in [1.165, 1.54) is 22.2 Å². The third-order valence-electron chi connectivity index (χ3n) is 2.57. The van der Waals surface area contributed by atoms with Crippen molar-refractivity contribution >= 4 is 17.2 Å². The van der Waals surface area contributed by atoms with Gasteiger partial charge in [-0.3, -0.25) is 4.99 Å². The normalized spacial score (nSPS) is 11.3. The maximum absolute atomic E-state index is 3.88. The number of aryl methyl sites for hydroxylation is 1. The van der Waals surface area contributed by atoms with Crippen LogP contribution in [0.4, 0.5) is 0 Å². The number of hydrogen-bond acceptors (Lipinski definition) is 1. The van der Waals surface area contributed by atoms with Gasteiger partial charge in [-0.2, -0.15) is 0 Å². The molecule has 2 N–H and O–H groups in total. The Morgan fingerprint density at radius 3 is 2.93 bits per heavy atom. The lowest BCUT2D eigenvalue weighted by molar-refractivity contribution is 0.892. The third-order valence-corrected chi connectivity index (χ3v) is 2.57. The summed E-state index contributed by atoms with van der Waals surface area (Å²) in [6.07, 6.45) is 1.71. The fraction of sp³-hybridized carbons (Fsp3) is 0.250. The van der Waals surface area contributed by atoms with E-state index in [0.717, 1.165) is 6.54 Å². The maximum Gasteiger partial charge on any atom is 0.0823 e. The first-order chi connectivity index (χ1) is 7.33. The topological polar surface area (TPSA) is 40.2 Å². The highest BCUT2D eigenvalue weighted by molar-refractivity contribution is 5.84. The molecule has 0 atom stereocenters. The van der Waals surface area contributed by atoms with Gasteiger partial charge in [-0.05, 0) is 18.6 Å². The van der Waals surface area contributed by atoms with Gasteiger partial charge in [0, 0.05) is 23.6 Å². The van der Waals surface area contributed by atoms with Crippen molar-refractivity contribution in [2.75, 3.05) is 7.05 Å². The molecule has 15 heavy (non-hydrogen) atoms. The second-order valence-electron chi connectivity index (χ2n) is 3.54. The Morgan fingerprint density at radius 2 is 2.20 bits per heavy atom. The molecule has 0 fully saturated rings. The summed E-state index contributed by atoms with van der Waals surface area (Å²) < 4.78 is 0. The molecule has 0 aliphatic carbocycles. The lowest BCUT2D eigenvalue weighted by Crippen LogP contribution is -2.11. The Balaban J connectivity index is 2.31. The van der Waals surface area contributed by atoms with Crippen molar-refractivity contribution in [3.8, 4) is 0 Å². The molecule has 0 bridgehead atoms. The molecule has 1 aromatic carbocycles. The maximum atomic E-state index is 3.88. The number of nitrogens with one attached hydrogen (secondary N) is 2. The van der Waals surface area contributed by atoms with Gasteiger partial charge in [-0.15, -0.1) is 0 Å². The number of aromatic nitrogens is 1. The van der Waals surface area contributed by atoms with Crippen molar-refractivity contribution < 1.29 is 0 Å². The molecule has 3 heteroatoms. The zero-order valence-corrected chi connectivity index (χ0v) is 9.04. The third kappa shape index (κ3) is 1.86. The highest BCUT2D eigenvalue weighted by Gasteiger charge is 2.05. The number of para-hydroxylation sites is 1. The predicted octanol–water partition coefficient (Wildman–Crippen LogP) is 2.22. The standard InChI is InChI=1S/C12H15N3/c1-9-10-5-3-4-6-11(10)15-12(9)7-14-8-13-2/h3-6,8,15H,7H2,1-2H3,(H,13,14). The summed E-state index contributed by atoms with van der Waals surface area (Å²) >= 11 is 0. The van der Waals surface area contributed by atoms with Crippen LogP contribution in [-0.4, -0.2) is 18.4 Å². The van der Waals surface area contributed by atoms with Crippen LogP contribution in [-0.2, 0) is 6.54 Å². The zero-order chi connectivity index (χ0) is 10.7. The van der Waals surface area contributed by atoms with Crippen LogP contribution in [0.1, 0.15) is 11.3 Å². The highest BCUT2D eigenvalue weighted by atomic mass is 14.9. The molecule has 0 unspecified atom stereocenters. The van der Waals surface area contributed by atoms with Crippen molar-refractivity contribution in [2.45, 2.75) is 13.5 Å². The number of aromatic amines is 1. The summed E-state index contributed by atoms with van der Waals surface area (Å²) in [5, 5.41) is 4.42. The first kappa shape index (κ1) is 9.77. The molecule has 0 aliphatic rings. The van der Waals surface area contributed by atoms with Gasteiger partial charge in [0.15, 0.2) is 0 Å². The van der Waals surface area contributed by atoms with Gasteiger partial charge in [-0.1, -0.05) is 18.2 Å². The van der Waals surface area contributed by atoms with Gasteiger partial charge in [-0.25, -0.2) is 0 Å². The molecule has 0 saturated carbocycles. The largest absolute Gasteiger partial charge is 0.371 e. The molecule has 78 valence electrons. The van der Waals surface area contributed by atoms with Crippen molar-refractivity contribution in [3.63, 3.8) is 0 Å². The number of H-pyrrole nitrogens is 1. The molecule has 1 aromatic heterocycles. The molecule has 2 aromatic rings. The van der Waals surface area contributed by atoms with Crippen LogP contribution in [0, 0.1) is 6.92 Å². The number of fused-ring (bicyclic) bond motifs is 1. The predicted molar refractivity (Wildman–Crippen MR) is 64.3 cm³/mol. The summed E-state index contributed by atoms with van der Waals surface area (Å²) in [6.45, 7) is 2.93. The van der Waals surface area contributed by atoms with E-state index in [1.807, 2.05) is 6.07 Å². The molecular weight excluding hydrogens is 186 g/mol. The molecule has 0 aliphatic heterocycles. The fourth-order valence-corrected chi connectivity index (χ4v) is 1.75. The van der Waals surface area contributed by atoms with E-state index in [-0.39, 0.29) is 0 Å². The van der Waals surface area contributed by atoms with Crippen LogP contribution < -0.4 is 5.32 Å². The smallest absolute Gasteiger partial charge is 0.0823 e. The number of rotatable bonds is 3. The Bertz CT molecular complexity index is 483. The first-order valence-electron chi connectivity index (χ1n) is 5.03. The van der Waals surface area contributed by atoms with E-state index in [9.17, 15) is 0 Å². The Hall–Kier alpha value is -1.77. The minimum absolute atomic E-state index is 0.790. The molecule has 0 amide bonds. The summed E-state index contributed by atoms with van der Waals surface area (Å²) in [5.41, 5.74) is 3.72. The summed E-state index contributed by atoms with van der Waals surface area (Å²) in [7, 11) is 1.76. The van der Waals surface area contributed by atoms with Crippen LogP contribution in [0.5, 0.6) is 0 Å². The van der Waals surface area contributed by atoms with Gasteiger partial charge in [0.2, 0.25) is 0 Å². The number of nitrogens with zero attached hydrogens (tertiary/aromatic N) is 1. The van der Waals surface area contributed by atoms with Gasteiger partial charge < -0.3 is 10.3 Å². The van der Waals surface area contributed by atoms with Crippen molar-refractivity contribution in [3.05, 3.63) is 35.5 Å². The summed E-state index contributed by atoms with van der Waals surface area (Å²) in [4.78, 5) is 7.28. The van der Waals surface area contributed by atoms with Crippen LogP contribution in [0.2, 0.25) is 0 Å². The molecule has 0 saturated heterocycles. The van der Waals surface area contributed by atoms with Crippen LogP contribution >= 0.6 is 0 Å². The zero-order valence-electron chi connectivity index (χ0n) is 9.04. The lowest BCUT2D eigenvalue weighted by atomic mass is 10.1. The first-order valence-corrected chi connectivity index (χ1v) is 5.03. The molecule has 1 heterocycles. The SMILES string of the molecule is CN=CNCc1[nH]c2ccccc2c1C. The van der Waals surface area contributed by atoms with E-state index in [4.69, 9.17) is 0 Å². The number of hydrogen-bond donors (Lipinski definition) is 2. The Kier molecular flexibility index (Phi) is 2.72. The average molecular weight is 201 g/mol. The van der Waals surface area contributed by atoms with E-state index in [0.29, 0.717) is 0 Å². The monoisotopic (exact) mass is 201 g/mol. The van der Waals surface area contributed by atoms with Crippen LogP contribution in [0.25, 0.3) is 10.9 Å². The molecule has 2 rings (SSSR count). The quantitative estimate of drug-likeness (QED) is 0.580. The highest BCUT2D eigenvalue weighted by Crippen LogP contribution is 2.20. The van der Waals surface area contributed by atoms with Crippen LogP contribution in [0.15, 0.2) is 29.3 Å². The molecule has 0 radical (unpaired) electrons. The second-order valence-corrected chi connectivity index (χ2v) is 3.54. The van der Waals surface area contributed by atoms with Gasteiger partial charge in [0.1, 0.15) is 0 Å². The van der Waals surface area contributed by atoms with Crippen molar-refractivity contribution in [2.24, 2.45) is 4.99 Å². The van der Waals surface area contributed by atoms with Gasteiger partial charge in [0.25, 0.3) is 0 Å². The molecular formula is C12H15N3. The van der Waals surface area contributed by atoms with Gasteiger partial charge in [0.05, 0.1) is 12.9 Å². The average Bonchev–Trinajstić information content (AvgIpc) is 2.57. The van der Waals surface area contributed by atoms with Crippen molar-refractivity contribution in [1.29, 1.82) is 0 Å². The Labute approximate surface area is 89.2 Å². The minimum Gasteiger partial charge on any atom is -0.371 e. The summed E-state index contributed by atoms with van der Waals surface area (Å²) in [6, 6.07) is 8.34. The van der Waals surface area contributed by atoms with E-state index in [2.05, 4.69) is 40.4 Å². The van der Waals surface area contributed by atoms with E-state index < -0.39 is 0 Å². The lowest BCUT2D eigenvalue weighted by Gasteiger charge is -1.98. The number of benzene rings is 1. The fourth-order valence-electron chi connectivity index (χ4n) is 1.75.